The molecule has 0 aromatic heterocycles. The van der Waals surface area contributed by atoms with Crippen LogP contribution in [0, 0.1) is 13.8 Å². The van der Waals surface area contributed by atoms with Crippen LogP contribution in [0.4, 0.5) is 5.69 Å². The van der Waals surface area contributed by atoms with Gasteiger partial charge in [-0.1, -0.05) is 90.7 Å². The molecule has 0 heterocycles. The van der Waals surface area contributed by atoms with Gasteiger partial charge in [-0.3, -0.25) is 13.9 Å². The Morgan fingerprint density at radius 2 is 1.49 bits per heavy atom. The maximum Gasteiger partial charge on any atom is 0.264 e. The van der Waals surface area contributed by atoms with E-state index in [0.29, 0.717) is 11.4 Å². The van der Waals surface area contributed by atoms with Crippen molar-refractivity contribution in [3.05, 3.63) is 125 Å². The van der Waals surface area contributed by atoms with Crippen molar-refractivity contribution in [2.45, 2.75) is 69.5 Å². The van der Waals surface area contributed by atoms with Gasteiger partial charge in [-0.2, -0.15) is 0 Å². The van der Waals surface area contributed by atoms with Crippen molar-refractivity contribution in [1.29, 1.82) is 0 Å². The van der Waals surface area contributed by atoms with Crippen LogP contribution < -0.4 is 14.4 Å². The van der Waals surface area contributed by atoms with Crippen molar-refractivity contribution in [3.8, 4) is 5.75 Å². The van der Waals surface area contributed by atoms with Crippen molar-refractivity contribution in [1.82, 2.24) is 10.2 Å². The molecule has 47 heavy (non-hydrogen) atoms. The van der Waals surface area contributed by atoms with Gasteiger partial charge in [-0.05, 0) is 74.2 Å². The van der Waals surface area contributed by atoms with Gasteiger partial charge in [0, 0.05) is 19.0 Å². The summed E-state index contributed by atoms with van der Waals surface area (Å²) in [5.41, 5.74) is 4.00. The molecule has 1 fully saturated rings. The molecule has 1 N–H and O–H groups in total. The van der Waals surface area contributed by atoms with Crippen molar-refractivity contribution in [2.75, 3.05) is 18.0 Å². The summed E-state index contributed by atoms with van der Waals surface area (Å²) in [5, 5.41) is 3.21. The van der Waals surface area contributed by atoms with Gasteiger partial charge in [-0.15, -0.1) is 0 Å². The smallest absolute Gasteiger partial charge is 0.264 e. The molecule has 2 amide bonds. The Bertz CT molecular complexity index is 1750. The predicted molar refractivity (Wildman–Crippen MR) is 185 cm³/mol. The molecule has 4 aromatic carbocycles. The molecule has 9 heteroatoms. The van der Waals surface area contributed by atoms with Crippen molar-refractivity contribution < 1.29 is 22.7 Å². The number of hydrogen-bond acceptors (Lipinski definition) is 5. The van der Waals surface area contributed by atoms with Gasteiger partial charge >= 0.3 is 0 Å². The van der Waals surface area contributed by atoms with Crippen molar-refractivity contribution in [3.63, 3.8) is 0 Å². The fraction of sp³-hybridized carbons (Fsp3) is 0.316. The zero-order valence-electron chi connectivity index (χ0n) is 27.3. The lowest BCUT2D eigenvalue weighted by Crippen LogP contribution is -2.54. The lowest BCUT2D eigenvalue weighted by molar-refractivity contribution is -0.140. The van der Waals surface area contributed by atoms with Crippen molar-refractivity contribution in [2.24, 2.45) is 0 Å². The normalized spacial score (nSPS) is 13.9. The Hall–Kier alpha value is -4.63. The third-order valence-electron chi connectivity index (χ3n) is 8.66. The Labute approximate surface area is 278 Å². The maximum absolute atomic E-state index is 14.7. The number of carbonyl (C=O) groups excluding carboxylic acids is 2. The monoisotopic (exact) mass is 653 g/mol. The summed E-state index contributed by atoms with van der Waals surface area (Å²) < 4.78 is 34.9. The molecule has 1 atom stereocenters. The summed E-state index contributed by atoms with van der Waals surface area (Å²) in [5.74, 6) is -0.167. The summed E-state index contributed by atoms with van der Waals surface area (Å²) >= 11 is 0. The van der Waals surface area contributed by atoms with Crippen LogP contribution in [0.3, 0.4) is 0 Å². The average molecular weight is 654 g/mol. The molecule has 4 aromatic rings. The van der Waals surface area contributed by atoms with Crippen LogP contribution in [-0.4, -0.2) is 50.9 Å². The molecular weight excluding hydrogens is 611 g/mol. The topological polar surface area (TPSA) is 96.0 Å². The minimum absolute atomic E-state index is 0.0504. The number of aryl methyl sites for hydroxylation is 2. The minimum atomic E-state index is -4.18. The van der Waals surface area contributed by atoms with Gasteiger partial charge in [0.1, 0.15) is 18.3 Å². The molecule has 0 unspecified atom stereocenters. The SMILES string of the molecule is COc1ccc(N(CC(=O)N(Cc2cccc(C)c2)[C@@H](Cc2ccccc2)C(=O)NC2CCCC2)S(=O)(=O)c2ccc(C)cc2)cc1. The summed E-state index contributed by atoms with van der Waals surface area (Å²) in [6.07, 6.45) is 4.18. The van der Waals surface area contributed by atoms with E-state index in [4.69, 9.17) is 4.74 Å². The zero-order chi connectivity index (χ0) is 33.4. The number of methoxy groups -OCH3 is 1. The predicted octanol–water partition coefficient (Wildman–Crippen LogP) is 6.21. The molecule has 5 rings (SSSR count). The number of carbonyl (C=O) groups is 2. The largest absolute Gasteiger partial charge is 0.497 e. The molecule has 0 bridgehead atoms. The van der Waals surface area contributed by atoms with E-state index in [1.54, 1.807) is 53.4 Å². The second-order valence-electron chi connectivity index (χ2n) is 12.2. The highest BCUT2D eigenvalue weighted by Crippen LogP contribution is 2.27. The molecule has 246 valence electrons. The van der Waals surface area contributed by atoms with E-state index in [9.17, 15) is 18.0 Å². The Morgan fingerprint density at radius 3 is 2.13 bits per heavy atom. The zero-order valence-corrected chi connectivity index (χ0v) is 28.1. The maximum atomic E-state index is 14.7. The molecule has 0 spiro atoms. The Balaban J connectivity index is 1.56. The summed E-state index contributed by atoms with van der Waals surface area (Å²) in [4.78, 5) is 30.4. The minimum Gasteiger partial charge on any atom is -0.497 e. The van der Waals surface area contributed by atoms with Crippen LogP contribution in [0.2, 0.25) is 0 Å². The second kappa shape index (κ2) is 15.3. The number of sulfonamides is 1. The van der Waals surface area contributed by atoms with Gasteiger partial charge in [0.15, 0.2) is 0 Å². The van der Waals surface area contributed by atoms with E-state index in [2.05, 4.69) is 5.32 Å². The first-order valence-electron chi connectivity index (χ1n) is 16.1. The van der Waals surface area contributed by atoms with E-state index < -0.39 is 28.5 Å². The summed E-state index contributed by atoms with van der Waals surface area (Å²) in [6, 6.07) is 29.7. The number of anilines is 1. The Morgan fingerprint density at radius 1 is 0.830 bits per heavy atom. The first-order valence-corrected chi connectivity index (χ1v) is 17.5. The summed E-state index contributed by atoms with van der Waals surface area (Å²) in [7, 11) is -2.64. The van der Waals surface area contributed by atoms with E-state index in [-0.39, 0.29) is 29.8 Å². The number of nitrogens with zero attached hydrogens (tertiary/aromatic N) is 2. The molecule has 0 saturated heterocycles. The van der Waals surface area contributed by atoms with Crippen LogP contribution in [0.1, 0.15) is 47.9 Å². The van der Waals surface area contributed by atoms with Crippen LogP contribution in [0.25, 0.3) is 0 Å². The summed E-state index contributed by atoms with van der Waals surface area (Å²) in [6.45, 7) is 3.49. The standard InChI is InChI=1S/C38H43N3O5S/c1-28-16-22-35(23-17-28)47(44,45)41(33-18-20-34(46-3)21-19-33)27-37(42)40(26-31-13-9-10-29(2)24-31)36(25-30-11-5-4-6-12-30)38(43)39-32-14-7-8-15-32/h4-6,9-13,16-24,32,36H,7-8,14-15,25-27H2,1-3H3,(H,39,43)/t36-/m0/s1. The first kappa shape index (κ1) is 33.7. The quantitative estimate of drug-likeness (QED) is 0.185. The van der Waals surface area contributed by atoms with Crippen LogP contribution in [0.15, 0.2) is 108 Å². The van der Waals surface area contributed by atoms with Gasteiger partial charge < -0.3 is 15.0 Å². The number of amides is 2. The number of hydrogen-bond donors (Lipinski definition) is 1. The molecular formula is C38H43N3O5S. The third-order valence-corrected chi connectivity index (χ3v) is 10.4. The average Bonchev–Trinajstić information content (AvgIpc) is 3.59. The van der Waals surface area contributed by atoms with Gasteiger partial charge in [0.05, 0.1) is 17.7 Å². The molecule has 1 saturated carbocycles. The molecule has 8 nitrogen and oxygen atoms in total. The molecule has 1 aliphatic carbocycles. The Kier molecular flexibility index (Phi) is 11.0. The number of nitrogens with one attached hydrogen (secondary N) is 1. The van der Waals surface area contributed by atoms with Gasteiger partial charge in [0.2, 0.25) is 11.8 Å². The fourth-order valence-electron chi connectivity index (χ4n) is 6.04. The van der Waals surface area contributed by atoms with E-state index in [0.717, 1.165) is 52.2 Å². The first-order chi connectivity index (χ1) is 22.6. The third kappa shape index (κ3) is 8.60. The van der Waals surface area contributed by atoms with Crippen LogP contribution in [-0.2, 0) is 32.6 Å². The lowest BCUT2D eigenvalue weighted by atomic mass is 10.0. The fourth-order valence-corrected chi connectivity index (χ4v) is 7.46. The van der Waals surface area contributed by atoms with E-state index in [1.165, 1.54) is 7.11 Å². The lowest BCUT2D eigenvalue weighted by Gasteiger charge is -2.34. The van der Waals surface area contributed by atoms with Crippen molar-refractivity contribution >= 4 is 27.5 Å². The number of rotatable bonds is 13. The molecule has 0 radical (unpaired) electrons. The second-order valence-corrected chi connectivity index (χ2v) is 14.1. The highest BCUT2D eigenvalue weighted by Gasteiger charge is 2.35. The number of benzene rings is 4. The van der Waals surface area contributed by atoms with Crippen LogP contribution in [0.5, 0.6) is 5.75 Å². The van der Waals surface area contributed by atoms with E-state index >= 15 is 0 Å². The molecule has 0 aliphatic heterocycles. The van der Waals surface area contributed by atoms with Gasteiger partial charge in [0.25, 0.3) is 10.0 Å². The van der Waals surface area contributed by atoms with E-state index in [1.807, 2.05) is 68.4 Å². The number of ether oxygens (including phenoxy) is 1. The van der Waals surface area contributed by atoms with Crippen LogP contribution >= 0.6 is 0 Å². The van der Waals surface area contributed by atoms with Gasteiger partial charge in [-0.25, -0.2) is 8.42 Å². The molecule has 1 aliphatic rings. The highest BCUT2D eigenvalue weighted by atomic mass is 32.2. The highest BCUT2D eigenvalue weighted by molar-refractivity contribution is 7.92.